The van der Waals surface area contributed by atoms with E-state index in [1.165, 1.54) is 0 Å². The van der Waals surface area contributed by atoms with Crippen LogP contribution in [0.15, 0.2) is 24.3 Å². The van der Waals surface area contributed by atoms with Gasteiger partial charge in [0.1, 0.15) is 6.54 Å². The molecule has 0 radical (unpaired) electrons. The highest BCUT2D eigenvalue weighted by Gasteiger charge is 2.12. The molecule has 2 amide bonds. The van der Waals surface area contributed by atoms with E-state index in [0.29, 0.717) is 10.6 Å². The molecule has 2 N–H and O–H groups in total. The average Bonchev–Trinajstić information content (AvgIpc) is 2.51. The number of benzene rings is 1. The van der Waals surface area contributed by atoms with Crippen molar-refractivity contribution in [3.8, 4) is 0 Å². The van der Waals surface area contributed by atoms with Crippen molar-refractivity contribution in [1.29, 1.82) is 0 Å². The molecule has 0 aliphatic rings. The number of carbonyl (C=O) groups is 3. The number of esters is 1. The van der Waals surface area contributed by atoms with Crippen molar-refractivity contribution in [2.24, 2.45) is 0 Å². The normalized spacial score (nSPS) is 11.4. The Labute approximate surface area is 140 Å². The van der Waals surface area contributed by atoms with Crippen LogP contribution in [0.1, 0.15) is 37.0 Å². The first-order chi connectivity index (χ1) is 10.9. The van der Waals surface area contributed by atoms with E-state index in [-0.39, 0.29) is 25.1 Å². The summed E-state index contributed by atoms with van der Waals surface area (Å²) >= 11 is 5.73. The Kier molecular flexibility index (Phi) is 8.11. The zero-order chi connectivity index (χ0) is 17.2. The van der Waals surface area contributed by atoms with Gasteiger partial charge in [0.25, 0.3) is 11.8 Å². The predicted octanol–water partition coefficient (Wildman–Crippen LogP) is 1.92. The van der Waals surface area contributed by atoms with Gasteiger partial charge in [0, 0.05) is 16.6 Å². The van der Waals surface area contributed by atoms with Gasteiger partial charge >= 0.3 is 5.97 Å². The molecule has 7 heteroatoms. The molecular weight excluding hydrogens is 320 g/mol. The maximum Gasteiger partial charge on any atom is 0.325 e. The second-order valence-electron chi connectivity index (χ2n) is 5.11. The third-order valence-corrected chi connectivity index (χ3v) is 3.24. The minimum atomic E-state index is -0.675. The quantitative estimate of drug-likeness (QED) is 0.708. The highest BCUT2D eigenvalue weighted by Crippen LogP contribution is 2.09. The van der Waals surface area contributed by atoms with Crippen LogP contribution in [0.2, 0.25) is 5.02 Å². The van der Waals surface area contributed by atoms with Crippen molar-refractivity contribution in [3.05, 3.63) is 34.9 Å². The SMILES string of the molecule is CCC[C@H](C)NC(=O)COC(=O)CNC(=O)c1ccc(Cl)cc1. The molecule has 0 bridgehead atoms. The van der Waals surface area contributed by atoms with Crippen molar-refractivity contribution in [2.75, 3.05) is 13.2 Å². The Morgan fingerprint density at radius 2 is 1.87 bits per heavy atom. The molecular formula is C16H21ClN2O4. The molecule has 23 heavy (non-hydrogen) atoms. The monoisotopic (exact) mass is 340 g/mol. The standard InChI is InChI=1S/C16H21ClN2O4/c1-3-4-11(2)19-14(20)10-23-15(21)9-18-16(22)12-5-7-13(17)8-6-12/h5-8,11H,3-4,9-10H2,1-2H3,(H,18,22)(H,19,20)/t11-/m0/s1. The summed E-state index contributed by atoms with van der Waals surface area (Å²) < 4.78 is 4.80. The first kappa shape index (κ1) is 19.0. The molecule has 0 spiro atoms. The van der Waals surface area contributed by atoms with Gasteiger partial charge in [-0.25, -0.2) is 0 Å². The minimum Gasteiger partial charge on any atom is -0.454 e. The van der Waals surface area contributed by atoms with Crippen molar-refractivity contribution in [1.82, 2.24) is 10.6 Å². The largest absolute Gasteiger partial charge is 0.454 e. The second-order valence-corrected chi connectivity index (χ2v) is 5.54. The maximum atomic E-state index is 11.8. The van der Waals surface area contributed by atoms with Crippen molar-refractivity contribution in [2.45, 2.75) is 32.7 Å². The van der Waals surface area contributed by atoms with E-state index >= 15 is 0 Å². The van der Waals surface area contributed by atoms with Crippen LogP contribution < -0.4 is 10.6 Å². The van der Waals surface area contributed by atoms with Crippen molar-refractivity contribution in [3.63, 3.8) is 0 Å². The molecule has 0 saturated carbocycles. The Balaban J connectivity index is 2.27. The highest BCUT2D eigenvalue weighted by molar-refractivity contribution is 6.30. The van der Waals surface area contributed by atoms with Crippen LogP contribution in [-0.2, 0) is 14.3 Å². The Morgan fingerprint density at radius 1 is 1.22 bits per heavy atom. The number of rotatable bonds is 8. The van der Waals surface area contributed by atoms with Crippen molar-refractivity contribution >= 4 is 29.4 Å². The summed E-state index contributed by atoms with van der Waals surface area (Å²) in [5.41, 5.74) is 0.383. The van der Waals surface area contributed by atoms with Gasteiger partial charge in [-0.2, -0.15) is 0 Å². The van der Waals surface area contributed by atoms with Gasteiger partial charge in [-0.3, -0.25) is 14.4 Å². The van der Waals surface area contributed by atoms with Crippen LogP contribution >= 0.6 is 11.6 Å². The summed E-state index contributed by atoms with van der Waals surface area (Å²) in [5, 5.41) is 5.65. The van der Waals surface area contributed by atoms with E-state index in [2.05, 4.69) is 10.6 Å². The number of nitrogens with one attached hydrogen (secondary N) is 2. The maximum absolute atomic E-state index is 11.8. The van der Waals surface area contributed by atoms with Crippen LogP contribution in [0, 0.1) is 0 Å². The molecule has 0 aliphatic heterocycles. The van der Waals surface area contributed by atoms with E-state index in [9.17, 15) is 14.4 Å². The molecule has 126 valence electrons. The topological polar surface area (TPSA) is 84.5 Å². The van der Waals surface area contributed by atoms with Gasteiger partial charge < -0.3 is 15.4 Å². The fraction of sp³-hybridized carbons (Fsp3) is 0.438. The molecule has 0 unspecified atom stereocenters. The van der Waals surface area contributed by atoms with Crippen LogP contribution in [0.5, 0.6) is 0 Å². The number of hydrogen-bond donors (Lipinski definition) is 2. The Bertz CT molecular complexity index is 546. The van der Waals surface area contributed by atoms with Gasteiger partial charge in [0.05, 0.1) is 0 Å². The number of ether oxygens (including phenoxy) is 1. The number of carbonyl (C=O) groups excluding carboxylic acids is 3. The molecule has 6 nitrogen and oxygen atoms in total. The summed E-state index contributed by atoms with van der Waals surface area (Å²) in [4.78, 5) is 34.8. The van der Waals surface area contributed by atoms with Gasteiger partial charge in [-0.1, -0.05) is 24.9 Å². The smallest absolute Gasteiger partial charge is 0.325 e. The minimum absolute atomic E-state index is 0.0378. The predicted molar refractivity (Wildman–Crippen MR) is 87.3 cm³/mol. The fourth-order valence-electron chi connectivity index (χ4n) is 1.87. The summed E-state index contributed by atoms with van der Waals surface area (Å²) in [7, 11) is 0. The fourth-order valence-corrected chi connectivity index (χ4v) is 2.00. The zero-order valence-electron chi connectivity index (χ0n) is 13.2. The Morgan fingerprint density at radius 3 is 2.48 bits per heavy atom. The molecule has 0 fully saturated rings. The van der Waals surface area contributed by atoms with Gasteiger partial charge in [-0.05, 0) is 37.6 Å². The lowest BCUT2D eigenvalue weighted by atomic mass is 10.2. The molecule has 0 heterocycles. The summed E-state index contributed by atoms with van der Waals surface area (Å²) in [6.45, 7) is 3.24. The molecule has 0 aromatic heterocycles. The molecule has 1 rings (SSSR count). The second kappa shape index (κ2) is 9.84. The van der Waals surface area contributed by atoms with E-state index in [0.717, 1.165) is 12.8 Å². The van der Waals surface area contributed by atoms with Crippen LogP contribution in [0.3, 0.4) is 0 Å². The molecule has 1 aromatic carbocycles. The van der Waals surface area contributed by atoms with E-state index in [1.807, 2.05) is 13.8 Å². The molecule has 0 saturated heterocycles. The first-order valence-corrected chi connectivity index (χ1v) is 7.79. The van der Waals surface area contributed by atoms with E-state index < -0.39 is 11.9 Å². The van der Waals surface area contributed by atoms with Gasteiger partial charge in [0.15, 0.2) is 6.61 Å². The van der Waals surface area contributed by atoms with Crippen LogP contribution in [0.4, 0.5) is 0 Å². The van der Waals surface area contributed by atoms with E-state index in [4.69, 9.17) is 16.3 Å². The lowest BCUT2D eigenvalue weighted by Crippen LogP contribution is -2.37. The average molecular weight is 341 g/mol. The zero-order valence-corrected chi connectivity index (χ0v) is 14.0. The molecule has 1 aromatic rings. The van der Waals surface area contributed by atoms with E-state index in [1.54, 1.807) is 24.3 Å². The number of halogens is 1. The summed E-state index contributed by atoms with van der Waals surface area (Å²) in [6, 6.07) is 6.29. The lowest BCUT2D eigenvalue weighted by Gasteiger charge is -2.12. The van der Waals surface area contributed by atoms with Crippen LogP contribution in [-0.4, -0.2) is 37.0 Å². The van der Waals surface area contributed by atoms with Crippen molar-refractivity contribution < 1.29 is 19.1 Å². The highest BCUT2D eigenvalue weighted by atomic mass is 35.5. The number of amides is 2. The number of hydrogen-bond acceptors (Lipinski definition) is 4. The van der Waals surface area contributed by atoms with Crippen LogP contribution in [0.25, 0.3) is 0 Å². The Hall–Kier alpha value is -2.08. The third kappa shape index (κ3) is 7.65. The molecule has 0 aliphatic carbocycles. The summed E-state index contributed by atoms with van der Waals surface area (Å²) in [5.74, 6) is -1.45. The first-order valence-electron chi connectivity index (χ1n) is 7.41. The lowest BCUT2D eigenvalue weighted by molar-refractivity contribution is -0.147. The summed E-state index contributed by atoms with van der Waals surface area (Å²) in [6.07, 6.45) is 1.81. The van der Waals surface area contributed by atoms with Gasteiger partial charge in [-0.15, -0.1) is 0 Å². The van der Waals surface area contributed by atoms with Gasteiger partial charge in [0.2, 0.25) is 0 Å². The molecule has 1 atom stereocenters. The third-order valence-electron chi connectivity index (χ3n) is 2.99.